The minimum absolute atomic E-state index is 0.144. The van der Waals surface area contributed by atoms with Crippen LogP contribution in [0.2, 0.25) is 0 Å². The molecule has 0 saturated carbocycles. The van der Waals surface area contributed by atoms with Crippen molar-refractivity contribution in [2.45, 2.75) is 12.5 Å². The highest BCUT2D eigenvalue weighted by Crippen LogP contribution is 2.34. The molecule has 1 fully saturated rings. The Hall–Kier alpha value is -2.95. The highest BCUT2D eigenvalue weighted by molar-refractivity contribution is 5.95. The second-order valence-corrected chi connectivity index (χ2v) is 5.89. The van der Waals surface area contributed by atoms with Crippen molar-refractivity contribution >= 4 is 17.9 Å². The molecule has 0 spiro atoms. The van der Waals surface area contributed by atoms with Gasteiger partial charge in [-0.05, 0) is 36.3 Å². The molecule has 1 aliphatic rings. The van der Waals surface area contributed by atoms with Crippen molar-refractivity contribution in [2.24, 2.45) is 0 Å². The SMILES string of the molecule is CNC(=O)c1ccc(/C=C/C(=O)N2CCC2c2ccccc2F)cc1. The maximum Gasteiger partial charge on any atom is 0.251 e. The number of nitrogens with zero attached hydrogens (tertiary/aromatic N) is 1. The van der Waals surface area contributed by atoms with Crippen LogP contribution in [0.15, 0.2) is 54.6 Å². The van der Waals surface area contributed by atoms with E-state index in [0.717, 1.165) is 12.0 Å². The van der Waals surface area contributed by atoms with Crippen molar-refractivity contribution in [3.8, 4) is 0 Å². The van der Waals surface area contributed by atoms with E-state index in [2.05, 4.69) is 5.32 Å². The lowest BCUT2D eigenvalue weighted by atomic mass is 9.94. The highest BCUT2D eigenvalue weighted by Gasteiger charge is 2.33. The van der Waals surface area contributed by atoms with E-state index in [9.17, 15) is 14.0 Å². The van der Waals surface area contributed by atoms with Gasteiger partial charge in [0.05, 0.1) is 6.04 Å². The lowest BCUT2D eigenvalue weighted by Gasteiger charge is -2.40. The Morgan fingerprint density at radius 1 is 1.16 bits per heavy atom. The van der Waals surface area contributed by atoms with Crippen LogP contribution in [0.4, 0.5) is 4.39 Å². The molecule has 0 bridgehead atoms. The monoisotopic (exact) mass is 338 g/mol. The molecule has 5 heteroatoms. The van der Waals surface area contributed by atoms with Gasteiger partial charge in [0.15, 0.2) is 0 Å². The maximum atomic E-state index is 13.9. The molecule has 1 heterocycles. The standard InChI is InChI=1S/C20H19FN2O2/c1-22-20(25)15-9-6-14(7-10-15)8-11-19(24)23-13-12-18(23)16-4-2-3-5-17(16)21/h2-11,18H,12-13H2,1H3,(H,22,25)/b11-8+. The first-order chi connectivity index (χ1) is 12.1. The normalized spacial score (nSPS) is 16.6. The summed E-state index contributed by atoms with van der Waals surface area (Å²) in [6.45, 7) is 0.623. The average molecular weight is 338 g/mol. The van der Waals surface area contributed by atoms with Gasteiger partial charge in [0.2, 0.25) is 5.91 Å². The minimum Gasteiger partial charge on any atom is -0.355 e. The van der Waals surface area contributed by atoms with E-state index in [1.54, 1.807) is 60.5 Å². The molecule has 128 valence electrons. The van der Waals surface area contributed by atoms with Crippen LogP contribution in [0.3, 0.4) is 0 Å². The molecule has 0 aromatic heterocycles. The molecule has 25 heavy (non-hydrogen) atoms. The third kappa shape index (κ3) is 3.60. The van der Waals surface area contributed by atoms with E-state index in [4.69, 9.17) is 0 Å². The van der Waals surface area contributed by atoms with Crippen molar-refractivity contribution in [1.29, 1.82) is 0 Å². The number of carbonyl (C=O) groups is 2. The molecule has 0 radical (unpaired) electrons. The topological polar surface area (TPSA) is 49.4 Å². The summed E-state index contributed by atoms with van der Waals surface area (Å²) in [5, 5.41) is 2.56. The van der Waals surface area contributed by atoms with Crippen LogP contribution < -0.4 is 5.32 Å². The molecule has 1 aliphatic heterocycles. The molecule has 1 saturated heterocycles. The molecule has 2 aromatic carbocycles. The average Bonchev–Trinajstić information content (AvgIpc) is 2.60. The summed E-state index contributed by atoms with van der Waals surface area (Å²) in [5.74, 6) is -0.575. The number of hydrogen-bond donors (Lipinski definition) is 1. The number of nitrogens with one attached hydrogen (secondary N) is 1. The van der Waals surface area contributed by atoms with Crippen molar-refractivity contribution in [3.05, 3.63) is 77.1 Å². The summed E-state index contributed by atoms with van der Waals surface area (Å²) in [7, 11) is 1.58. The third-order valence-electron chi connectivity index (χ3n) is 4.39. The molecule has 1 N–H and O–H groups in total. The van der Waals surface area contributed by atoms with Crippen LogP contribution in [0, 0.1) is 5.82 Å². The van der Waals surface area contributed by atoms with Gasteiger partial charge in [-0.2, -0.15) is 0 Å². The van der Waals surface area contributed by atoms with Crippen LogP contribution in [0.5, 0.6) is 0 Å². The zero-order chi connectivity index (χ0) is 17.8. The smallest absolute Gasteiger partial charge is 0.251 e. The van der Waals surface area contributed by atoms with E-state index in [1.807, 2.05) is 0 Å². The molecular formula is C20H19FN2O2. The molecule has 1 atom stereocenters. The Morgan fingerprint density at radius 2 is 1.88 bits per heavy atom. The number of hydrogen-bond acceptors (Lipinski definition) is 2. The van der Waals surface area contributed by atoms with Crippen LogP contribution in [0.1, 0.15) is 33.9 Å². The Kier molecular flexibility index (Phi) is 4.93. The highest BCUT2D eigenvalue weighted by atomic mass is 19.1. The van der Waals surface area contributed by atoms with Crippen LogP contribution >= 0.6 is 0 Å². The lowest BCUT2D eigenvalue weighted by molar-refractivity contribution is -0.133. The van der Waals surface area contributed by atoms with Crippen molar-refractivity contribution in [2.75, 3.05) is 13.6 Å². The van der Waals surface area contributed by atoms with Gasteiger partial charge in [-0.15, -0.1) is 0 Å². The molecular weight excluding hydrogens is 319 g/mol. The van der Waals surface area contributed by atoms with Crippen LogP contribution in [-0.2, 0) is 4.79 Å². The van der Waals surface area contributed by atoms with Gasteiger partial charge >= 0.3 is 0 Å². The van der Waals surface area contributed by atoms with E-state index >= 15 is 0 Å². The fraction of sp³-hybridized carbons (Fsp3) is 0.200. The van der Waals surface area contributed by atoms with E-state index in [0.29, 0.717) is 17.7 Å². The summed E-state index contributed by atoms with van der Waals surface area (Å²) in [6, 6.07) is 13.3. The van der Waals surface area contributed by atoms with Gasteiger partial charge < -0.3 is 10.2 Å². The summed E-state index contributed by atoms with van der Waals surface area (Å²) >= 11 is 0. The molecule has 0 aliphatic carbocycles. The van der Waals surface area contributed by atoms with Gasteiger partial charge in [0, 0.05) is 30.8 Å². The lowest BCUT2D eigenvalue weighted by Crippen LogP contribution is -2.44. The number of likely N-dealkylation sites (tertiary alicyclic amines) is 1. The first-order valence-electron chi connectivity index (χ1n) is 8.15. The minimum atomic E-state index is -0.279. The summed E-state index contributed by atoms with van der Waals surface area (Å²) in [5.41, 5.74) is 1.95. The summed E-state index contributed by atoms with van der Waals surface area (Å²) < 4.78 is 13.9. The predicted octanol–water partition coefficient (Wildman–Crippen LogP) is 3.17. The predicted molar refractivity (Wildman–Crippen MR) is 94.3 cm³/mol. The van der Waals surface area contributed by atoms with Crippen molar-refractivity contribution in [3.63, 3.8) is 0 Å². The molecule has 2 amide bonds. The van der Waals surface area contributed by atoms with E-state index in [1.165, 1.54) is 12.1 Å². The second kappa shape index (κ2) is 7.30. The first-order valence-corrected chi connectivity index (χ1v) is 8.15. The second-order valence-electron chi connectivity index (χ2n) is 5.89. The number of halogens is 1. The van der Waals surface area contributed by atoms with Gasteiger partial charge in [0.25, 0.3) is 5.91 Å². The van der Waals surface area contributed by atoms with Crippen molar-refractivity contribution in [1.82, 2.24) is 10.2 Å². The number of carbonyl (C=O) groups excluding carboxylic acids is 2. The van der Waals surface area contributed by atoms with Gasteiger partial charge in [-0.1, -0.05) is 30.3 Å². The summed E-state index contributed by atoms with van der Waals surface area (Å²) in [4.78, 5) is 25.5. The van der Waals surface area contributed by atoms with Gasteiger partial charge in [-0.25, -0.2) is 4.39 Å². The molecule has 3 rings (SSSR count). The van der Waals surface area contributed by atoms with E-state index in [-0.39, 0.29) is 23.7 Å². The fourth-order valence-electron chi connectivity index (χ4n) is 2.87. The van der Waals surface area contributed by atoms with Crippen LogP contribution in [-0.4, -0.2) is 30.3 Å². The summed E-state index contributed by atoms with van der Waals surface area (Å²) in [6.07, 6.45) is 3.95. The Bertz CT molecular complexity index is 815. The first kappa shape index (κ1) is 16.9. The number of benzene rings is 2. The van der Waals surface area contributed by atoms with Crippen molar-refractivity contribution < 1.29 is 14.0 Å². The van der Waals surface area contributed by atoms with E-state index < -0.39 is 0 Å². The Morgan fingerprint density at radius 3 is 2.48 bits per heavy atom. The molecule has 4 nitrogen and oxygen atoms in total. The third-order valence-corrected chi connectivity index (χ3v) is 4.39. The largest absolute Gasteiger partial charge is 0.355 e. The molecule has 2 aromatic rings. The fourth-order valence-corrected chi connectivity index (χ4v) is 2.87. The Labute approximate surface area is 146 Å². The quantitative estimate of drug-likeness (QED) is 0.871. The zero-order valence-corrected chi connectivity index (χ0v) is 13.9. The zero-order valence-electron chi connectivity index (χ0n) is 13.9. The van der Waals surface area contributed by atoms with Gasteiger partial charge in [0.1, 0.15) is 5.82 Å². The van der Waals surface area contributed by atoms with Gasteiger partial charge in [-0.3, -0.25) is 9.59 Å². The Balaban J connectivity index is 1.67. The number of amides is 2. The number of rotatable bonds is 4. The molecule has 1 unspecified atom stereocenters. The van der Waals surface area contributed by atoms with Crippen LogP contribution in [0.25, 0.3) is 6.08 Å². The maximum absolute atomic E-state index is 13.9.